The molecule has 1 unspecified atom stereocenters. The average molecular weight is 128 g/mol. The third-order valence-corrected chi connectivity index (χ3v) is 1.70. The Balaban J connectivity index is 2.40. The molecule has 1 nitrogen and oxygen atoms in total. The number of hydrogen-bond donors (Lipinski definition) is 1. The van der Waals surface area contributed by atoms with Gasteiger partial charge < -0.3 is 4.55 Å². The lowest BCUT2D eigenvalue weighted by Crippen LogP contribution is -1.96. The van der Waals surface area contributed by atoms with Crippen LogP contribution in [0.4, 0.5) is 0 Å². The lowest BCUT2D eigenvalue weighted by Gasteiger charge is -2.05. The van der Waals surface area contributed by atoms with Gasteiger partial charge in [0, 0.05) is 0 Å². The zero-order chi connectivity index (χ0) is 5.82. The minimum Gasteiger partial charge on any atom is -0.329 e. The smallest absolute Gasteiger partial charge is 0.0526 e. The van der Waals surface area contributed by atoms with Crippen molar-refractivity contribution in [3.05, 3.63) is 24.3 Å². The van der Waals surface area contributed by atoms with Gasteiger partial charge >= 0.3 is 0 Å². The zero-order valence-corrected chi connectivity index (χ0v) is 5.27. The summed E-state index contributed by atoms with van der Waals surface area (Å²) < 4.78 is 8.52. The highest BCUT2D eigenvalue weighted by Crippen LogP contribution is 2.15. The maximum absolute atomic E-state index is 8.52. The van der Waals surface area contributed by atoms with Crippen molar-refractivity contribution in [3.63, 3.8) is 0 Å². The number of allylic oxidation sites excluding steroid dienone is 3. The molecule has 0 spiro atoms. The first-order valence-corrected chi connectivity index (χ1v) is 3.40. The van der Waals surface area contributed by atoms with E-state index in [9.17, 15) is 0 Å². The molecule has 8 heavy (non-hydrogen) atoms. The van der Waals surface area contributed by atoms with Gasteiger partial charge in [0.2, 0.25) is 0 Å². The van der Waals surface area contributed by atoms with Crippen molar-refractivity contribution in [2.24, 2.45) is 0 Å². The molecule has 0 saturated heterocycles. The molecule has 1 atom stereocenters. The van der Waals surface area contributed by atoms with Crippen molar-refractivity contribution < 1.29 is 4.55 Å². The molecule has 0 saturated carbocycles. The summed E-state index contributed by atoms with van der Waals surface area (Å²) in [5, 5.41) is 0.292. The van der Waals surface area contributed by atoms with E-state index in [2.05, 4.69) is 0 Å². The molecule has 0 heterocycles. The molecule has 1 aliphatic rings. The summed E-state index contributed by atoms with van der Waals surface area (Å²) in [5.74, 6) is 0. The van der Waals surface area contributed by atoms with Gasteiger partial charge in [-0.15, -0.1) is 0 Å². The Morgan fingerprint density at radius 1 is 1.50 bits per heavy atom. The second kappa shape index (κ2) is 2.95. The highest BCUT2D eigenvalue weighted by Gasteiger charge is 2.01. The van der Waals surface area contributed by atoms with E-state index in [1.807, 2.05) is 24.3 Å². The Labute approximate surface area is 53.3 Å². The Bertz CT molecular complexity index is 118. The van der Waals surface area contributed by atoms with Gasteiger partial charge in [0.25, 0.3) is 0 Å². The van der Waals surface area contributed by atoms with Crippen LogP contribution >= 0.6 is 12.0 Å². The van der Waals surface area contributed by atoms with Crippen LogP contribution in [0.3, 0.4) is 0 Å². The van der Waals surface area contributed by atoms with Crippen molar-refractivity contribution in [2.75, 3.05) is 0 Å². The molecule has 0 aromatic heterocycles. The predicted molar refractivity (Wildman–Crippen MR) is 36.9 cm³/mol. The molecular formula is C6H8OS. The molecule has 1 aliphatic carbocycles. The van der Waals surface area contributed by atoms with Crippen LogP contribution in [0, 0.1) is 0 Å². The molecule has 2 heteroatoms. The van der Waals surface area contributed by atoms with E-state index >= 15 is 0 Å². The summed E-state index contributed by atoms with van der Waals surface area (Å²) in [6.07, 6.45) is 8.94. The van der Waals surface area contributed by atoms with E-state index in [1.165, 1.54) is 0 Å². The fraction of sp³-hybridized carbons (Fsp3) is 0.333. The van der Waals surface area contributed by atoms with Gasteiger partial charge in [-0.2, -0.15) is 0 Å². The topological polar surface area (TPSA) is 20.2 Å². The Hall–Kier alpha value is -0.210. The van der Waals surface area contributed by atoms with Gasteiger partial charge in [0.05, 0.1) is 5.25 Å². The van der Waals surface area contributed by atoms with Crippen LogP contribution in [0.25, 0.3) is 0 Å². The summed E-state index contributed by atoms with van der Waals surface area (Å²) in [6, 6.07) is 0. The van der Waals surface area contributed by atoms with Gasteiger partial charge in [-0.25, -0.2) is 0 Å². The van der Waals surface area contributed by atoms with Gasteiger partial charge in [-0.1, -0.05) is 24.3 Å². The maximum Gasteiger partial charge on any atom is 0.0526 e. The van der Waals surface area contributed by atoms with Crippen molar-refractivity contribution in [1.82, 2.24) is 0 Å². The number of rotatable bonds is 1. The van der Waals surface area contributed by atoms with Crippen molar-refractivity contribution in [1.29, 1.82) is 0 Å². The third-order valence-electron chi connectivity index (χ3n) is 1.08. The molecule has 0 bridgehead atoms. The molecule has 0 radical (unpaired) electrons. The SMILES string of the molecule is OSC1C=CC=CC1. The summed E-state index contributed by atoms with van der Waals surface area (Å²) in [4.78, 5) is 0. The summed E-state index contributed by atoms with van der Waals surface area (Å²) in [5.41, 5.74) is 0. The lowest BCUT2D eigenvalue weighted by molar-refractivity contribution is 0.656. The first-order valence-electron chi connectivity index (χ1n) is 2.57. The second-order valence-corrected chi connectivity index (χ2v) is 2.51. The first kappa shape index (κ1) is 5.92. The van der Waals surface area contributed by atoms with E-state index in [0.717, 1.165) is 18.5 Å². The highest BCUT2D eigenvalue weighted by atomic mass is 32.2. The van der Waals surface area contributed by atoms with Gasteiger partial charge in [-0.05, 0) is 18.5 Å². The molecule has 0 aromatic rings. The maximum atomic E-state index is 8.52. The fourth-order valence-electron chi connectivity index (χ4n) is 0.636. The molecule has 0 aromatic carbocycles. The van der Waals surface area contributed by atoms with E-state index in [-0.39, 0.29) is 0 Å². The quantitative estimate of drug-likeness (QED) is 0.545. The Morgan fingerprint density at radius 2 is 2.38 bits per heavy atom. The van der Waals surface area contributed by atoms with Crippen LogP contribution in [0.5, 0.6) is 0 Å². The average Bonchev–Trinajstić information content (AvgIpc) is 1.90. The van der Waals surface area contributed by atoms with E-state index in [0.29, 0.717) is 5.25 Å². The van der Waals surface area contributed by atoms with Gasteiger partial charge in [0.1, 0.15) is 0 Å². The first-order chi connectivity index (χ1) is 3.93. The van der Waals surface area contributed by atoms with Crippen LogP contribution in [0.2, 0.25) is 0 Å². The molecule has 44 valence electrons. The predicted octanol–water partition coefficient (Wildman–Crippen LogP) is 2.08. The van der Waals surface area contributed by atoms with Crippen molar-refractivity contribution in [3.8, 4) is 0 Å². The monoisotopic (exact) mass is 128 g/mol. The molecule has 1 N–H and O–H groups in total. The van der Waals surface area contributed by atoms with Crippen LogP contribution in [0.1, 0.15) is 6.42 Å². The Morgan fingerprint density at radius 3 is 2.75 bits per heavy atom. The van der Waals surface area contributed by atoms with Crippen LogP contribution in [-0.4, -0.2) is 9.80 Å². The minimum atomic E-state index is 0.292. The van der Waals surface area contributed by atoms with Crippen LogP contribution < -0.4 is 0 Å². The highest BCUT2D eigenvalue weighted by molar-refractivity contribution is 7.94. The Kier molecular flexibility index (Phi) is 2.18. The molecule has 0 aliphatic heterocycles. The third kappa shape index (κ3) is 1.39. The largest absolute Gasteiger partial charge is 0.329 e. The number of hydrogen-bond acceptors (Lipinski definition) is 2. The lowest BCUT2D eigenvalue weighted by atomic mass is 10.2. The minimum absolute atomic E-state index is 0.292. The second-order valence-electron chi connectivity index (χ2n) is 1.69. The molecule has 0 amide bonds. The fourth-order valence-corrected chi connectivity index (χ4v) is 0.994. The van der Waals surface area contributed by atoms with Gasteiger partial charge in [0.15, 0.2) is 0 Å². The van der Waals surface area contributed by atoms with Crippen LogP contribution in [0.15, 0.2) is 24.3 Å². The molecule has 1 rings (SSSR count). The van der Waals surface area contributed by atoms with E-state index < -0.39 is 0 Å². The van der Waals surface area contributed by atoms with Crippen molar-refractivity contribution >= 4 is 12.0 Å². The van der Waals surface area contributed by atoms with Crippen molar-refractivity contribution in [2.45, 2.75) is 11.7 Å². The van der Waals surface area contributed by atoms with Gasteiger partial charge in [-0.3, -0.25) is 0 Å². The molecule has 0 fully saturated rings. The van der Waals surface area contributed by atoms with Crippen LogP contribution in [-0.2, 0) is 0 Å². The van der Waals surface area contributed by atoms with E-state index in [1.54, 1.807) is 0 Å². The standard InChI is InChI=1S/C6H8OS/c7-8-6-4-2-1-3-5-6/h1-4,6-7H,5H2. The zero-order valence-electron chi connectivity index (χ0n) is 4.45. The summed E-state index contributed by atoms with van der Waals surface area (Å²) in [6.45, 7) is 0. The molecular weight excluding hydrogens is 120 g/mol. The normalized spacial score (nSPS) is 26.4. The summed E-state index contributed by atoms with van der Waals surface area (Å²) >= 11 is 0.908. The van der Waals surface area contributed by atoms with E-state index in [4.69, 9.17) is 4.55 Å². The summed E-state index contributed by atoms with van der Waals surface area (Å²) in [7, 11) is 0.